The van der Waals surface area contributed by atoms with Crippen molar-refractivity contribution >= 4 is 33.7 Å². The Kier molecular flexibility index (Phi) is 8.56. The van der Waals surface area contributed by atoms with Gasteiger partial charge in [0.05, 0.1) is 11.0 Å². The Hall–Kier alpha value is -2.36. The predicted octanol–water partition coefficient (Wildman–Crippen LogP) is 2.78. The molecule has 1 saturated heterocycles. The van der Waals surface area contributed by atoms with Crippen LogP contribution in [0.2, 0.25) is 0 Å². The van der Waals surface area contributed by atoms with E-state index in [1.54, 1.807) is 38.1 Å². The van der Waals surface area contributed by atoms with Crippen molar-refractivity contribution in [3.63, 3.8) is 0 Å². The molecule has 2 atom stereocenters. The third kappa shape index (κ3) is 6.59. The summed E-state index contributed by atoms with van der Waals surface area (Å²) in [5.74, 6) is -0.135. The maximum atomic E-state index is 13.3. The molecule has 7 nitrogen and oxygen atoms in total. The second-order valence-corrected chi connectivity index (χ2v) is 11.3. The highest BCUT2D eigenvalue weighted by molar-refractivity contribution is 7.99. The van der Waals surface area contributed by atoms with Crippen molar-refractivity contribution in [2.75, 3.05) is 18.1 Å². The smallest absolute Gasteiger partial charge is 0.329 e. The molecule has 0 bridgehead atoms. The normalized spacial score (nSPS) is 18.0. The molecule has 0 aliphatic carbocycles. The zero-order valence-electron chi connectivity index (χ0n) is 19.1. The van der Waals surface area contributed by atoms with Gasteiger partial charge in [0.2, 0.25) is 15.9 Å². The van der Waals surface area contributed by atoms with Crippen LogP contribution in [-0.2, 0) is 30.8 Å². The molecular formula is C24H30N2O5S2. The van der Waals surface area contributed by atoms with Crippen molar-refractivity contribution < 1.29 is 22.7 Å². The Morgan fingerprint density at radius 3 is 2.42 bits per heavy atom. The average molecular weight is 491 g/mol. The summed E-state index contributed by atoms with van der Waals surface area (Å²) in [7, 11) is -3.86. The molecule has 2 aromatic carbocycles. The Morgan fingerprint density at radius 2 is 1.79 bits per heavy atom. The summed E-state index contributed by atoms with van der Waals surface area (Å²) in [6, 6.07) is 14.1. The van der Waals surface area contributed by atoms with E-state index in [0.717, 1.165) is 11.1 Å². The van der Waals surface area contributed by atoms with Gasteiger partial charge in [-0.05, 0) is 38.5 Å². The van der Waals surface area contributed by atoms with Crippen LogP contribution in [0.15, 0.2) is 59.5 Å². The highest BCUT2D eigenvalue weighted by Gasteiger charge is 2.39. The lowest BCUT2D eigenvalue weighted by Gasteiger charge is -2.34. The molecule has 1 heterocycles. The third-order valence-corrected chi connectivity index (χ3v) is 8.19. The molecule has 3 rings (SSSR count). The van der Waals surface area contributed by atoms with Crippen molar-refractivity contribution in [1.82, 2.24) is 9.62 Å². The van der Waals surface area contributed by atoms with E-state index >= 15 is 0 Å². The summed E-state index contributed by atoms with van der Waals surface area (Å²) in [5.41, 5.74) is 1.82. The summed E-state index contributed by atoms with van der Waals surface area (Å²) in [4.78, 5) is 26.2. The zero-order chi connectivity index (χ0) is 24.0. The number of benzene rings is 2. The molecule has 1 amide bonds. The maximum Gasteiger partial charge on any atom is 0.329 e. The predicted molar refractivity (Wildman–Crippen MR) is 129 cm³/mol. The van der Waals surface area contributed by atoms with E-state index in [1.807, 2.05) is 37.3 Å². The minimum atomic E-state index is -3.86. The van der Waals surface area contributed by atoms with Gasteiger partial charge in [-0.3, -0.25) is 4.79 Å². The van der Waals surface area contributed by atoms with Crippen molar-refractivity contribution in [3.05, 3.63) is 65.7 Å². The summed E-state index contributed by atoms with van der Waals surface area (Å²) < 4.78 is 33.2. The number of esters is 1. The molecule has 1 aliphatic heterocycles. The molecule has 9 heteroatoms. The van der Waals surface area contributed by atoms with E-state index in [4.69, 9.17) is 4.74 Å². The van der Waals surface area contributed by atoms with Gasteiger partial charge in [0.15, 0.2) is 0 Å². The van der Waals surface area contributed by atoms with Crippen molar-refractivity contribution in [2.24, 2.45) is 0 Å². The summed E-state index contributed by atoms with van der Waals surface area (Å²) >= 11 is 1.52. The topological polar surface area (TPSA) is 92.8 Å². The van der Waals surface area contributed by atoms with Crippen LogP contribution in [0.25, 0.3) is 0 Å². The SMILES string of the molecule is Cc1ccc(S(=O)(=O)N2CCSC[C@H]2C(=O)N[C@H](Cc2ccccc2)C(=O)OC(C)C)cc1. The van der Waals surface area contributed by atoms with Gasteiger partial charge in [-0.1, -0.05) is 48.0 Å². The quantitative estimate of drug-likeness (QED) is 0.572. The zero-order valence-corrected chi connectivity index (χ0v) is 20.7. The number of amides is 1. The molecule has 178 valence electrons. The number of thioether (sulfide) groups is 1. The van der Waals surface area contributed by atoms with Crippen molar-refractivity contribution in [3.8, 4) is 0 Å². The van der Waals surface area contributed by atoms with Gasteiger partial charge in [-0.2, -0.15) is 16.1 Å². The van der Waals surface area contributed by atoms with Crippen LogP contribution in [0.4, 0.5) is 0 Å². The first-order chi connectivity index (χ1) is 15.7. The lowest BCUT2D eigenvalue weighted by molar-refractivity contribution is -0.151. The second kappa shape index (κ2) is 11.2. The van der Waals surface area contributed by atoms with Crippen LogP contribution in [0.3, 0.4) is 0 Å². The monoisotopic (exact) mass is 490 g/mol. The van der Waals surface area contributed by atoms with E-state index < -0.39 is 34.0 Å². The molecule has 0 unspecified atom stereocenters. The molecule has 0 spiro atoms. The highest BCUT2D eigenvalue weighted by atomic mass is 32.2. The van der Waals surface area contributed by atoms with E-state index in [-0.39, 0.29) is 24.0 Å². The molecular weight excluding hydrogens is 460 g/mol. The molecule has 1 N–H and O–H groups in total. The Morgan fingerprint density at radius 1 is 1.12 bits per heavy atom. The number of nitrogens with zero attached hydrogens (tertiary/aromatic N) is 1. The van der Waals surface area contributed by atoms with Gasteiger partial charge >= 0.3 is 5.97 Å². The van der Waals surface area contributed by atoms with Gasteiger partial charge in [0, 0.05) is 24.5 Å². The first-order valence-electron chi connectivity index (χ1n) is 10.9. The van der Waals surface area contributed by atoms with Crippen LogP contribution in [0, 0.1) is 6.92 Å². The average Bonchev–Trinajstić information content (AvgIpc) is 2.79. The Balaban J connectivity index is 1.82. The van der Waals surface area contributed by atoms with Crippen LogP contribution in [0.1, 0.15) is 25.0 Å². The van der Waals surface area contributed by atoms with E-state index in [2.05, 4.69) is 5.32 Å². The van der Waals surface area contributed by atoms with Crippen molar-refractivity contribution in [2.45, 2.75) is 50.3 Å². The minimum absolute atomic E-state index is 0.151. The number of sulfonamides is 1. The fraction of sp³-hybridized carbons (Fsp3) is 0.417. The van der Waals surface area contributed by atoms with Gasteiger partial charge in [0.1, 0.15) is 12.1 Å². The summed E-state index contributed by atoms with van der Waals surface area (Å²) in [6.07, 6.45) is -0.0840. The lowest BCUT2D eigenvalue weighted by atomic mass is 10.1. The third-order valence-electron chi connectivity index (χ3n) is 5.25. The minimum Gasteiger partial charge on any atom is -0.461 e. The summed E-state index contributed by atoms with van der Waals surface area (Å²) in [6.45, 7) is 5.59. The van der Waals surface area contributed by atoms with Crippen LogP contribution < -0.4 is 5.32 Å². The number of carbonyl (C=O) groups is 2. The fourth-order valence-corrected chi connectivity index (χ4v) is 6.40. The fourth-order valence-electron chi connectivity index (χ4n) is 3.55. The van der Waals surface area contributed by atoms with Crippen LogP contribution in [-0.4, -0.2) is 60.8 Å². The van der Waals surface area contributed by atoms with E-state index in [1.165, 1.54) is 16.1 Å². The lowest BCUT2D eigenvalue weighted by Crippen LogP contribution is -2.57. The van der Waals surface area contributed by atoms with Gasteiger partial charge in [-0.25, -0.2) is 13.2 Å². The molecule has 33 heavy (non-hydrogen) atoms. The number of nitrogens with one attached hydrogen (secondary N) is 1. The maximum absolute atomic E-state index is 13.3. The largest absolute Gasteiger partial charge is 0.461 e. The Bertz CT molecular complexity index is 1060. The number of hydrogen-bond donors (Lipinski definition) is 1. The second-order valence-electron chi connectivity index (χ2n) is 8.26. The number of carbonyl (C=O) groups excluding carboxylic acids is 2. The molecule has 2 aromatic rings. The first kappa shape index (κ1) is 25.3. The Labute approximate surface area is 199 Å². The van der Waals surface area contributed by atoms with Crippen molar-refractivity contribution in [1.29, 1.82) is 0 Å². The summed E-state index contributed by atoms with van der Waals surface area (Å²) in [5, 5.41) is 2.77. The van der Waals surface area contributed by atoms with Crippen LogP contribution in [0.5, 0.6) is 0 Å². The molecule has 0 aromatic heterocycles. The number of ether oxygens (including phenoxy) is 1. The van der Waals surface area contributed by atoms with E-state index in [0.29, 0.717) is 11.5 Å². The molecule has 1 aliphatic rings. The van der Waals surface area contributed by atoms with Gasteiger partial charge in [0.25, 0.3) is 0 Å². The number of hydrogen-bond acceptors (Lipinski definition) is 6. The number of rotatable bonds is 8. The molecule has 0 radical (unpaired) electrons. The molecule has 0 saturated carbocycles. The molecule has 1 fully saturated rings. The standard InChI is InChI=1S/C24H30N2O5S2/c1-17(2)31-24(28)21(15-19-7-5-4-6-8-19)25-23(27)22-16-32-14-13-26(22)33(29,30)20-11-9-18(3)10-12-20/h4-12,17,21-22H,13-16H2,1-3H3,(H,25,27)/t21-,22+/m1/s1. The van der Waals surface area contributed by atoms with E-state index in [9.17, 15) is 18.0 Å². The van der Waals surface area contributed by atoms with Crippen LogP contribution >= 0.6 is 11.8 Å². The van der Waals surface area contributed by atoms with Gasteiger partial charge in [-0.15, -0.1) is 0 Å². The van der Waals surface area contributed by atoms with Gasteiger partial charge < -0.3 is 10.1 Å². The first-order valence-corrected chi connectivity index (χ1v) is 13.5. The number of aryl methyl sites for hydroxylation is 1. The highest BCUT2D eigenvalue weighted by Crippen LogP contribution is 2.25.